The molecule has 0 radical (unpaired) electrons. The van der Waals surface area contributed by atoms with E-state index in [1.54, 1.807) is 0 Å². The minimum atomic E-state index is 0.412. The van der Waals surface area contributed by atoms with Crippen LogP contribution in [0.1, 0.15) is 19.8 Å². The van der Waals surface area contributed by atoms with Crippen LogP contribution in [-0.2, 0) is 0 Å². The van der Waals surface area contributed by atoms with Crippen LogP contribution in [0.2, 0.25) is 0 Å². The lowest BCUT2D eigenvalue weighted by atomic mass is 9.87. The Balaban J connectivity index is 2.36. The largest absolute Gasteiger partial charge is 0.327 e. The van der Waals surface area contributed by atoms with Crippen LogP contribution in [0.25, 0.3) is 0 Å². The summed E-state index contributed by atoms with van der Waals surface area (Å²) in [7, 11) is 0. The molecule has 1 nitrogen and oxygen atoms in total. The van der Waals surface area contributed by atoms with Gasteiger partial charge in [-0.15, -0.1) is 5.92 Å². The van der Waals surface area contributed by atoms with E-state index in [2.05, 4.69) is 11.8 Å². The molecule has 0 unspecified atom stereocenters. The first-order valence-electron chi connectivity index (χ1n) is 3.18. The van der Waals surface area contributed by atoms with Crippen molar-refractivity contribution in [2.24, 2.45) is 5.73 Å². The molecule has 0 saturated heterocycles. The Morgan fingerprint density at radius 1 is 1.67 bits per heavy atom. The van der Waals surface area contributed by atoms with E-state index in [1.807, 2.05) is 13.0 Å². The lowest BCUT2D eigenvalue weighted by Gasteiger charge is -2.23. The first-order chi connectivity index (χ1) is 4.33. The molecule has 0 amide bonds. The Morgan fingerprint density at radius 3 is 2.78 bits per heavy atom. The van der Waals surface area contributed by atoms with Gasteiger partial charge in [0.05, 0.1) is 0 Å². The third kappa shape index (κ3) is 1.58. The summed E-state index contributed by atoms with van der Waals surface area (Å²) < 4.78 is 0. The van der Waals surface area contributed by atoms with Crippen molar-refractivity contribution in [2.45, 2.75) is 25.8 Å². The van der Waals surface area contributed by atoms with Crippen molar-refractivity contribution in [2.75, 3.05) is 0 Å². The quantitative estimate of drug-likeness (QED) is 0.476. The van der Waals surface area contributed by atoms with E-state index >= 15 is 0 Å². The van der Waals surface area contributed by atoms with Crippen molar-refractivity contribution < 1.29 is 0 Å². The Morgan fingerprint density at radius 2 is 2.33 bits per heavy atom. The number of hydrogen-bond acceptors (Lipinski definition) is 1. The van der Waals surface area contributed by atoms with Crippen molar-refractivity contribution in [3.63, 3.8) is 0 Å². The average molecular weight is 121 g/mol. The molecule has 0 heterocycles. The monoisotopic (exact) mass is 121 g/mol. The number of rotatable bonds is 0. The molecule has 0 aromatic heterocycles. The van der Waals surface area contributed by atoms with Gasteiger partial charge in [0.25, 0.3) is 0 Å². The Kier molecular flexibility index (Phi) is 1.92. The number of allylic oxidation sites excluding steroid dienone is 1. The molecular weight excluding hydrogens is 110 g/mol. The van der Waals surface area contributed by atoms with Gasteiger partial charge in [0.2, 0.25) is 0 Å². The standard InChI is InChI=1S/C8H11N/c1-2-3-4-7-5-8(9)6-7/h4,8H,5-6,9H2,1H3. The highest BCUT2D eigenvalue weighted by Gasteiger charge is 2.17. The van der Waals surface area contributed by atoms with Gasteiger partial charge in [-0.2, -0.15) is 0 Å². The van der Waals surface area contributed by atoms with Crippen LogP contribution < -0.4 is 5.73 Å². The average Bonchev–Trinajstić information content (AvgIpc) is 1.78. The number of hydrogen-bond donors (Lipinski definition) is 1. The second-order valence-electron chi connectivity index (χ2n) is 2.37. The molecule has 0 aromatic rings. The van der Waals surface area contributed by atoms with Crippen LogP contribution in [0.5, 0.6) is 0 Å². The van der Waals surface area contributed by atoms with Crippen LogP contribution in [0.3, 0.4) is 0 Å². The SMILES string of the molecule is CC#CC=C1CC(N)C1. The molecule has 1 aliphatic rings. The fourth-order valence-electron chi connectivity index (χ4n) is 0.906. The first-order valence-corrected chi connectivity index (χ1v) is 3.18. The molecule has 9 heavy (non-hydrogen) atoms. The molecule has 2 N–H and O–H groups in total. The van der Waals surface area contributed by atoms with E-state index in [9.17, 15) is 0 Å². The van der Waals surface area contributed by atoms with E-state index in [0.29, 0.717) is 6.04 Å². The van der Waals surface area contributed by atoms with E-state index in [1.165, 1.54) is 5.57 Å². The second kappa shape index (κ2) is 2.70. The van der Waals surface area contributed by atoms with Gasteiger partial charge in [-0.1, -0.05) is 11.5 Å². The summed E-state index contributed by atoms with van der Waals surface area (Å²) in [5.74, 6) is 5.72. The van der Waals surface area contributed by atoms with Gasteiger partial charge >= 0.3 is 0 Å². The molecule has 48 valence electrons. The highest BCUT2D eigenvalue weighted by Crippen LogP contribution is 2.23. The van der Waals surface area contributed by atoms with Gasteiger partial charge in [0.1, 0.15) is 0 Å². The smallest absolute Gasteiger partial charge is 0.0114 e. The first kappa shape index (κ1) is 6.38. The van der Waals surface area contributed by atoms with Crippen LogP contribution in [0.4, 0.5) is 0 Å². The van der Waals surface area contributed by atoms with E-state index in [-0.39, 0.29) is 0 Å². The molecule has 1 saturated carbocycles. The molecule has 1 heteroatoms. The van der Waals surface area contributed by atoms with E-state index in [4.69, 9.17) is 5.73 Å². The van der Waals surface area contributed by atoms with Crippen LogP contribution in [-0.4, -0.2) is 6.04 Å². The van der Waals surface area contributed by atoms with E-state index in [0.717, 1.165) is 12.8 Å². The zero-order valence-electron chi connectivity index (χ0n) is 5.65. The van der Waals surface area contributed by atoms with Gasteiger partial charge in [0, 0.05) is 6.04 Å². The maximum absolute atomic E-state index is 5.55. The molecule has 1 fully saturated rings. The van der Waals surface area contributed by atoms with Crippen molar-refractivity contribution in [1.29, 1.82) is 0 Å². The summed E-state index contributed by atoms with van der Waals surface area (Å²) in [5, 5.41) is 0. The second-order valence-corrected chi connectivity index (χ2v) is 2.37. The maximum Gasteiger partial charge on any atom is 0.0114 e. The van der Waals surface area contributed by atoms with Gasteiger partial charge in [-0.25, -0.2) is 0 Å². The molecule has 0 aromatic carbocycles. The lowest BCUT2D eigenvalue weighted by Crippen LogP contribution is -2.29. The molecule has 0 spiro atoms. The maximum atomic E-state index is 5.55. The van der Waals surface area contributed by atoms with Crippen LogP contribution >= 0.6 is 0 Å². The fraction of sp³-hybridized carbons (Fsp3) is 0.500. The normalized spacial score (nSPS) is 23.8. The predicted molar refractivity (Wildman–Crippen MR) is 38.7 cm³/mol. The molecule has 1 aliphatic carbocycles. The summed E-state index contributed by atoms with van der Waals surface area (Å²) >= 11 is 0. The molecular formula is C8H11N. The summed E-state index contributed by atoms with van der Waals surface area (Å²) in [6.45, 7) is 1.84. The van der Waals surface area contributed by atoms with Crippen LogP contribution in [0.15, 0.2) is 11.6 Å². The van der Waals surface area contributed by atoms with Crippen molar-refractivity contribution in [1.82, 2.24) is 0 Å². The highest BCUT2D eigenvalue weighted by molar-refractivity contribution is 5.26. The van der Waals surface area contributed by atoms with Gasteiger partial charge in [-0.05, 0) is 25.8 Å². The fourth-order valence-corrected chi connectivity index (χ4v) is 0.906. The van der Waals surface area contributed by atoms with Gasteiger partial charge in [0.15, 0.2) is 0 Å². The molecule has 1 rings (SSSR count). The highest BCUT2D eigenvalue weighted by atomic mass is 14.7. The van der Waals surface area contributed by atoms with E-state index < -0.39 is 0 Å². The third-order valence-corrected chi connectivity index (χ3v) is 1.47. The Bertz CT molecular complexity index is 172. The third-order valence-electron chi connectivity index (χ3n) is 1.47. The minimum absolute atomic E-state index is 0.412. The van der Waals surface area contributed by atoms with Crippen molar-refractivity contribution in [3.8, 4) is 11.8 Å². The zero-order chi connectivity index (χ0) is 6.69. The molecule has 0 atom stereocenters. The Hall–Kier alpha value is -0.740. The zero-order valence-corrected chi connectivity index (χ0v) is 5.65. The summed E-state index contributed by atoms with van der Waals surface area (Å²) in [5.41, 5.74) is 6.95. The van der Waals surface area contributed by atoms with Crippen LogP contribution in [0, 0.1) is 11.8 Å². The topological polar surface area (TPSA) is 26.0 Å². The minimum Gasteiger partial charge on any atom is -0.327 e. The Labute approximate surface area is 55.9 Å². The van der Waals surface area contributed by atoms with Gasteiger partial charge in [-0.3, -0.25) is 0 Å². The molecule has 0 bridgehead atoms. The predicted octanol–water partition coefficient (Wildman–Crippen LogP) is 1.06. The van der Waals surface area contributed by atoms with Crippen molar-refractivity contribution in [3.05, 3.63) is 11.6 Å². The number of nitrogens with two attached hydrogens (primary N) is 1. The molecule has 0 aliphatic heterocycles. The summed E-state index contributed by atoms with van der Waals surface area (Å²) in [6.07, 6.45) is 4.08. The summed E-state index contributed by atoms with van der Waals surface area (Å²) in [6, 6.07) is 0.412. The summed E-state index contributed by atoms with van der Waals surface area (Å²) in [4.78, 5) is 0. The lowest BCUT2D eigenvalue weighted by molar-refractivity contribution is 0.543. The van der Waals surface area contributed by atoms with Gasteiger partial charge < -0.3 is 5.73 Å². The van der Waals surface area contributed by atoms with Crippen molar-refractivity contribution >= 4 is 0 Å².